The Morgan fingerprint density at radius 3 is 3.14 bits per heavy atom. The van der Waals surface area contributed by atoms with Gasteiger partial charge in [0.15, 0.2) is 0 Å². The van der Waals surface area contributed by atoms with E-state index >= 15 is 0 Å². The minimum absolute atomic E-state index is 0.0706. The van der Waals surface area contributed by atoms with E-state index in [2.05, 4.69) is 26.0 Å². The van der Waals surface area contributed by atoms with E-state index in [1.54, 1.807) is 6.26 Å². The molecule has 14 heavy (non-hydrogen) atoms. The largest absolute Gasteiger partial charge is 0.494 e. The highest BCUT2D eigenvalue weighted by molar-refractivity contribution is 5.18. The van der Waals surface area contributed by atoms with Gasteiger partial charge in [-0.15, -0.1) is 0 Å². The van der Waals surface area contributed by atoms with Crippen LogP contribution in [0.5, 0.6) is 0 Å². The summed E-state index contributed by atoms with van der Waals surface area (Å²) in [5, 5.41) is 9.59. The van der Waals surface area contributed by atoms with E-state index in [4.69, 9.17) is 4.74 Å². The second kappa shape index (κ2) is 3.43. The Bertz CT molecular complexity index is 280. The van der Waals surface area contributed by atoms with E-state index in [0.717, 1.165) is 12.8 Å². The van der Waals surface area contributed by atoms with Crippen LogP contribution in [0.2, 0.25) is 0 Å². The normalized spacial score (nSPS) is 41.2. The smallest absolute Gasteiger partial charge is 0.125 e. The van der Waals surface area contributed by atoms with Crippen LogP contribution in [0.3, 0.4) is 0 Å². The molecule has 1 heterocycles. The second-order valence-corrected chi connectivity index (χ2v) is 4.58. The molecule has 0 spiro atoms. The third-order valence-corrected chi connectivity index (χ3v) is 3.78. The van der Waals surface area contributed by atoms with Crippen molar-refractivity contribution in [1.82, 2.24) is 0 Å². The molecule has 0 saturated carbocycles. The quantitative estimate of drug-likeness (QED) is 0.649. The highest BCUT2D eigenvalue weighted by atomic mass is 16.5. The van der Waals surface area contributed by atoms with Crippen LogP contribution in [0.1, 0.15) is 26.7 Å². The highest BCUT2D eigenvalue weighted by Gasteiger charge is 2.45. The Balaban J connectivity index is 2.35. The van der Waals surface area contributed by atoms with Gasteiger partial charge in [-0.3, -0.25) is 0 Å². The van der Waals surface area contributed by atoms with Crippen molar-refractivity contribution >= 4 is 0 Å². The van der Waals surface area contributed by atoms with Crippen LogP contribution in [-0.2, 0) is 4.74 Å². The molecular formula is C12H18O2. The zero-order chi connectivity index (χ0) is 10.2. The third kappa shape index (κ3) is 1.29. The van der Waals surface area contributed by atoms with E-state index in [1.165, 1.54) is 5.57 Å². The summed E-state index contributed by atoms with van der Waals surface area (Å²) in [6, 6.07) is 0. The number of hydrogen-bond acceptors (Lipinski definition) is 2. The van der Waals surface area contributed by atoms with Gasteiger partial charge in [0.2, 0.25) is 0 Å². The molecular weight excluding hydrogens is 176 g/mol. The number of rotatable bonds is 1. The SMILES string of the molecule is CC1=CC2OC=CC(C)C2(CO)CC1. The molecule has 0 amide bonds. The van der Waals surface area contributed by atoms with Crippen molar-refractivity contribution in [1.29, 1.82) is 0 Å². The van der Waals surface area contributed by atoms with Crippen LogP contribution in [0, 0.1) is 11.3 Å². The van der Waals surface area contributed by atoms with Crippen LogP contribution in [0.25, 0.3) is 0 Å². The van der Waals surface area contributed by atoms with Gasteiger partial charge in [0.25, 0.3) is 0 Å². The molecule has 0 fully saturated rings. The number of aliphatic hydroxyl groups is 1. The molecule has 0 radical (unpaired) electrons. The van der Waals surface area contributed by atoms with Crippen molar-refractivity contribution in [3.05, 3.63) is 24.0 Å². The lowest BCUT2D eigenvalue weighted by Crippen LogP contribution is -2.47. The fraction of sp³-hybridized carbons (Fsp3) is 0.667. The van der Waals surface area contributed by atoms with Crippen molar-refractivity contribution in [2.75, 3.05) is 6.61 Å². The maximum atomic E-state index is 9.59. The van der Waals surface area contributed by atoms with E-state index in [0.29, 0.717) is 5.92 Å². The van der Waals surface area contributed by atoms with Crippen molar-refractivity contribution in [3.8, 4) is 0 Å². The lowest BCUT2D eigenvalue weighted by Gasteiger charge is -2.46. The molecule has 2 heteroatoms. The van der Waals surface area contributed by atoms with Gasteiger partial charge < -0.3 is 9.84 Å². The van der Waals surface area contributed by atoms with Gasteiger partial charge in [0.1, 0.15) is 6.10 Å². The number of hydrogen-bond donors (Lipinski definition) is 1. The molecule has 0 aromatic rings. The zero-order valence-electron chi connectivity index (χ0n) is 8.86. The summed E-state index contributed by atoms with van der Waals surface area (Å²) in [5.74, 6) is 0.399. The lowest BCUT2D eigenvalue weighted by atomic mass is 9.65. The summed E-state index contributed by atoms with van der Waals surface area (Å²) < 4.78 is 5.60. The van der Waals surface area contributed by atoms with Gasteiger partial charge in [0, 0.05) is 5.41 Å². The van der Waals surface area contributed by atoms with Gasteiger partial charge in [-0.1, -0.05) is 12.5 Å². The van der Waals surface area contributed by atoms with Crippen LogP contribution >= 0.6 is 0 Å². The van der Waals surface area contributed by atoms with Crippen molar-refractivity contribution in [3.63, 3.8) is 0 Å². The summed E-state index contributed by atoms with van der Waals surface area (Å²) in [7, 11) is 0. The first kappa shape index (κ1) is 9.78. The van der Waals surface area contributed by atoms with Crippen molar-refractivity contribution in [2.24, 2.45) is 11.3 Å². The highest BCUT2D eigenvalue weighted by Crippen LogP contribution is 2.45. The predicted octanol–water partition coefficient (Wildman–Crippen LogP) is 2.25. The van der Waals surface area contributed by atoms with Crippen molar-refractivity contribution < 1.29 is 9.84 Å². The first-order valence-electron chi connectivity index (χ1n) is 5.29. The monoisotopic (exact) mass is 194 g/mol. The summed E-state index contributed by atoms with van der Waals surface area (Å²) >= 11 is 0. The fourth-order valence-corrected chi connectivity index (χ4v) is 2.49. The first-order chi connectivity index (χ1) is 6.69. The van der Waals surface area contributed by atoms with E-state index in [-0.39, 0.29) is 18.1 Å². The Kier molecular flexibility index (Phi) is 2.40. The van der Waals surface area contributed by atoms with Crippen LogP contribution < -0.4 is 0 Å². The third-order valence-electron chi connectivity index (χ3n) is 3.78. The fourth-order valence-electron chi connectivity index (χ4n) is 2.49. The second-order valence-electron chi connectivity index (χ2n) is 4.58. The Morgan fingerprint density at radius 2 is 2.43 bits per heavy atom. The zero-order valence-corrected chi connectivity index (χ0v) is 8.86. The summed E-state index contributed by atoms with van der Waals surface area (Å²) in [4.78, 5) is 0. The van der Waals surface area contributed by atoms with Gasteiger partial charge in [-0.25, -0.2) is 0 Å². The molecule has 2 rings (SSSR count). The van der Waals surface area contributed by atoms with Gasteiger partial charge in [-0.05, 0) is 37.8 Å². The Morgan fingerprint density at radius 1 is 1.64 bits per heavy atom. The molecule has 2 aliphatic rings. The molecule has 0 bridgehead atoms. The molecule has 3 atom stereocenters. The van der Waals surface area contributed by atoms with Gasteiger partial charge >= 0.3 is 0 Å². The minimum Gasteiger partial charge on any atom is -0.494 e. The lowest BCUT2D eigenvalue weighted by molar-refractivity contribution is -0.0503. The molecule has 0 saturated heterocycles. The molecule has 1 aliphatic heterocycles. The Hall–Kier alpha value is -0.760. The van der Waals surface area contributed by atoms with Crippen molar-refractivity contribution in [2.45, 2.75) is 32.8 Å². The number of ether oxygens (including phenoxy) is 1. The summed E-state index contributed by atoms with van der Waals surface area (Å²) in [6.45, 7) is 4.51. The minimum atomic E-state index is -0.0751. The molecule has 3 unspecified atom stereocenters. The average molecular weight is 194 g/mol. The molecule has 1 aliphatic carbocycles. The maximum Gasteiger partial charge on any atom is 0.125 e. The van der Waals surface area contributed by atoms with Crippen LogP contribution in [0.4, 0.5) is 0 Å². The summed E-state index contributed by atoms with van der Waals surface area (Å²) in [6.07, 6.45) is 8.18. The van der Waals surface area contributed by atoms with Crippen LogP contribution in [-0.4, -0.2) is 17.8 Å². The average Bonchev–Trinajstić information content (AvgIpc) is 2.18. The molecule has 1 N–H and O–H groups in total. The molecule has 0 aromatic carbocycles. The maximum absolute atomic E-state index is 9.59. The molecule has 78 valence electrons. The molecule has 2 nitrogen and oxygen atoms in total. The van der Waals surface area contributed by atoms with Crippen LogP contribution in [0.15, 0.2) is 24.0 Å². The van der Waals surface area contributed by atoms with Gasteiger partial charge in [0.05, 0.1) is 12.9 Å². The first-order valence-corrected chi connectivity index (χ1v) is 5.29. The topological polar surface area (TPSA) is 29.5 Å². The van der Waals surface area contributed by atoms with E-state index in [9.17, 15) is 5.11 Å². The number of fused-ring (bicyclic) bond motifs is 1. The van der Waals surface area contributed by atoms with Gasteiger partial charge in [-0.2, -0.15) is 0 Å². The molecule has 0 aromatic heterocycles. The van der Waals surface area contributed by atoms with E-state index < -0.39 is 0 Å². The Labute approximate surface area is 85.3 Å². The number of allylic oxidation sites excluding steroid dienone is 2. The predicted molar refractivity (Wildman–Crippen MR) is 55.7 cm³/mol. The summed E-state index contributed by atoms with van der Waals surface area (Å²) in [5.41, 5.74) is 1.30. The number of aliphatic hydroxyl groups excluding tert-OH is 1. The standard InChI is InChI=1S/C12H18O2/c1-9-3-5-12(8-13)10(2)4-6-14-11(12)7-9/h4,6-7,10-11,13H,3,5,8H2,1-2H3. The van der Waals surface area contributed by atoms with E-state index in [1.807, 2.05) is 0 Å².